The summed E-state index contributed by atoms with van der Waals surface area (Å²) in [7, 11) is 0. The molecule has 1 N–H and O–H groups in total. The molecule has 0 unspecified atom stereocenters. The number of aryl methyl sites for hydroxylation is 1. The van der Waals surface area contributed by atoms with Crippen molar-refractivity contribution in [3.05, 3.63) is 17.8 Å². The summed E-state index contributed by atoms with van der Waals surface area (Å²) in [6, 6.07) is 4.01. The predicted molar refractivity (Wildman–Crippen MR) is 68.0 cm³/mol. The SMILES string of the molecule is Cc1ccc(N2CCC(C(C)(C)O)CC2)nn1. The van der Waals surface area contributed by atoms with Crippen molar-refractivity contribution in [3.63, 3.8) is 0 Å². The highest BCUT2D eigenvalue weighted by atomic mass is 16.3. The summed E-state index contributed by atoms with van der Waals surface area (Å²) in [5, 5.41) is 18.3. The van der Waals surface area contributed by atoms with E-state index in [1.807, 2.05) is 32.9 Å². The van der Waals surface area contributed by atoms with Crippen molar-refractivity contribution in [1.82, 2.24) is 10.2 Å². The normalized spacial score (nSPS) is 18.5. The van der Waals surface area contributed by atoms with Gasteiger partial charge in [-0.1, -0.05) is 0 Å². The van der Waals surface area contributed by atoms with Crippen molar-refractivity contribution in [1.29, 1.82) is 0 Å². The number of hydrogen-bond donors (Lipinski definition) is 1. The maximum atomic E-state index is 9.99. The molecule has 0 bridgehead atoms. The van der Waals surface area contributed by atoms with Gasteiger partial charge in [0.15, 0.2) is 5.82 Å². The van der Waals surface area contributed by atoms with Gasteiger partial charge in [-0.25, -0.2) is 0 Å². The Morgan fingerprint density at radius 3 is 2.35 bits per heavy atom. The van der Waals surface area contributed by atoms with Gasteiger partial charge in [0.25, 0.3) is 0 Å². The molecule has 1 aliphatic heterocycles. The van der Waals surface area contributed by atoms with Crippen LogP contribution in [-0.4, -0.2) is 34.0 Å². The van der Waals surface area contributed by atoms with Crippen LogP contribution in [0.3, 0.4) is 0 Å². The number of aromatic nitrogens is 2. The first kappa shape index (κ1) is 12.3. The van der Waals surface area contributed by atoms with Crippen LogP contribution in [-0.2, 0) is 0 Å². The van der Waals surface area contributed by atoms with Gasteiger partial charge < -0.3 is 10.0 Å². The molecule has 1 aliphatic rings. The molecule has 0 radical (unpaired) electrons. The van der Waals surface area contributed by atoms with E-state index in [0.717, 1.165) is 37.4 Å². The van der Waals surface area contributed by atoms with Crippen LogP contribution in [0.2, 0.25) is 0 Å². The third-order valence-corrected chi connectivity index (χ3v) is 3.60. The fourth-order valence-corrected chi connectivity index (χ4v) is 2.38. The minimum Gasteiger partial charge on any atom is -0.390 e. The second-order valence-corrected chi connectivity index (χ2v) is 5.45. The minimum atomic E-state index is -0.564. The van der Waals surface area contributed by atoms with E-state index in [0.29, 0.717) is 5.92 Å². The third kappa shape index (κ3) is 2.94. The first-order valence-electron chi connectivity index (χ1n) is 6.24. The molecule has 0 amide bonds. The number of hydrogen-bond acceptors (Lipinski definition) is 4. The molecular weight excluding hydrogens is 214 g/mol. The Morgan fingerprint density at radius 2 is 1.88 bits per heavy atom. The lowest BCUT2D eigenvalue weighted by Gasteiger charge is -2.38. The van der Waals surface area contributed by atoms with Crippen molar-refractivity contribution >= 4 is 5.82 Å². The Hall–Kier alpha value is -1.16. The Labute approximate surface area is 103 Å². The van der Waals surface area contributed by atoms with Crippen LogP contribution in [0.4, 0.5) is 5.82 Å². The highest BCUT2D eigenvalue weighted by Gasteiger charge is 2.30. The van der Waals surface area contributed by atoms with Crippen molar-refractivity contribution in [2.45, 2.75) is 39.2 Å². The van der Waals surface area contributed by atoms with E-state index in [-0.39, 0.29) is 0 Å². The molecule has 1 aromatic heterocycles. The summed E-state index contributed by atoms with van der Waals surface area (Å²) < 4.78 is 0. The standard InChI is InChI=1S/C13H21N3O/c1-10-4-5-12(15-14-10)16-8-6-11(7-9-16)13(2,3)17/h4-5,11,17H,6-9H2,1-3H3. The maximum absolute atomic E-state index is 9.99. The Kier molecular flexibility index (Phi) is 3.33. The summed E-state index contributed by atoms with van der Waals surface area (Å²) >= 11 is 0. The predicted octanol–water partition coefficient (Wildman–Crippen LogP) is 1.77. The van der Waals surface area contributed by atoms with Gasteiger partial charge in [0.2, 0.25) is 0 Å². The zero-order chi connectivity index (χ0) is 12.5. The van der Waals surface area contributed by atoms with Crippen LogP contribution in [0.5, 0.6) is 0 Å². The smallest absolute Gasteiger partial charge is 0.151 e. The lowest BCUT2D eigenvalue weighted by molar-refractivity contribution is 0.00645. The molecule has 0 spiro atoms. The van der Waals surface area contributed by atoms with Gasteiger partial charge in [-0.3, -0.25) is 0 Å². The molecule has 0 atom stereocenters. The fraction of sp³-hybridized carbons (Fsp3) is 0.692. The van der Waals surface area contributed by atoms with E-state index < -0.39 is 5.60 Å². The van der Waals surface area contributed by atoms with Gasteiger partial charge in [0, 0.05) is 13.1 Å². The monoisotopic (exact) mass is 235 g/mol. The van der Waals surface area contributed by atoms with E-state index in [4.69, 9.17) is 0 Å². The zero-order valence-electron chi connectivity index (χ0n) is 10.8. The van der Waals surface area contributed by atoms with Gasteiger partial charge in [0.05, 0.1) is 11.3 Å². The quantitative estimate of drug-likeness (QED) is 0.848. The molecule has 4 nitrogen and oxygen atoms in total. The molecule has 2 heterocycles. The second-order valence-electron chi connectivity index (χ2n) is 5.45. The molecule has 2 rings (SSSR count). The molecule has 0 aliphatic carbocycles. The number of aliphatic hydroxyl groups is 1. The van der Waals surface area contributed by atoms with Crippen LogP contribution < -0.4 is 4.90 Å². The topological polar surface area (TPSA) is 49.2 Å². The van der Waals surface area contributed by atoms with Crippen LogP contribution in [0.15, 0.2) is 12.1 Å². The van der Waals surface area contributed by atoms with E-state index in [2.05, 4.69) is 15.1 Å². The number of anilines is 1. The molecule has 4 heteroatoms. The lowest BCUT2D eigenvalue weighted by atomic mass is 9.83. The van der Waals surface area contributed by atoms with Crippen molar-refractivity contribution < 1.29 is 5.11 Å². The first-order valence-corrected chi connectivity index (χ1v) is 6.24. The lowest BCUT2D eigenvalue weighted by Crippen LogP contribution is -2.42. The molecule has 0 saturated carbocycles. The third-order valence-electron chi connectivity index (χ3n) is 3.60. The van der Waals surface area contributed by atoms with E-state index >= 15 is 0 Å². The molecule has 17 heavy (non-hydrogen) atoms. The number of rotatable bonds is 2. The Balaban J connectivity index is 1.97. The van der Waals surface area contributed by atoms with Crippen LogP contribution in [0, 0.1) is 12.8 Å². The average Bonchev–Trinajstić information content (AvgIpc) is 2.29. The molecule has 1 aromatic rings. The highest BCUT2D eigenvalue weighted by molar-refractivity contribution is 5.37. The van der Waals surface area contributed by atoms with Gasteiger partial charge >= 0.3 is 0 Å². The summed E-state index contributed by atoms with van der Waals surface area (Å²) in [5.41, 5.74) is 0.380. The van der Waals surface area contributed by atoms with Crippen molar-refractivity contribution in [2.24, 2.45) is 5.92 Å². The molecular formula is C13H21N3O. The summed E-state index contributed by atoms with van der Waals surface area (Å²) in [6.07, 6.45) is 2.03. The first-order chi connectivity index (χ1) is 7.97. The largest absolute Gasteiger partial charge is 0.390 e. The van der Waals surface area contributed by atoms with Crippen molar-refractivity contribution in [2.75, 3.05) is 18.0 Å². The minimum absolute atomic E-state index is 0.386. The van der Waals surface area contributed by atoms with Gasteiger partial charge in [-0.15, -0.1) is 5.10 Å². The second kappa shape index (κ2) is 4.61. The van der Waals surface area contributed by atoms with Crippen LogP contribution in [0.25, 0.3) is 0 Å². The van der Waals surface area contributed by atoms with Crippen LogP contribution in [0.1, 0.15) is 32.4 Å². The van der Waals surface area contributed by atoms with Gasteiger partial charge in [-0.2, -0.15) is 5.10 Å². The van der Waals surface area contributed by atoms with E-state index in [1.54, 1.807) is 0 Å². The average molecular weight is 235 g/mol. The van der Waals surface area contributed by atoms with Gasteiger partial charge in [0.1, 0.15) is 0 Å². The van der Waals surface area contributed by atoms with E-state index in [9.17, 15) is 5.11 Å². The maximum Gasteiger partial charge on any atom is 0.151 e. The summed E-state index contributed by atoms with van der Waals surface area (Å²) in [6.45, 7) is 7.65. The highest BCUT2D eigenvalue weighted by Crippen LogP contribution is 2.29. The number of nitrogens with zero attached hydrogens (tertiary/aromatic N) is 3. The molecule has 0 aromatic carbocycles. The number of piperidine rings is 1. The Bertz CT molecular complexity index is 361. The van der Waals surface area contributed by atoms with Crippen molar-refractivity contribution in [3.8, 4) is 0 Å². The molecule has 94 valence electrons. The summed E-state index contributed by atoms with van der Waals surface area (Å²) in [5.74, 6) is 1.34. The molecule has 1 fully saturated rings. The fourth-order valence-electron chi connectivity index (χ4n) is 2.38. The molecule has 1 saturated heterocycles. The summed E-state index contributed by atoms with van der Waals surface area (Å²) in [4.78, 5) is 2.24. The van der Waals surface area contributed by atoms with Crippen LogP contribution >= 0.6 is 0 Å². The van der Waals surface area contributed by atoms with E-state index in [1.165, 1.54) is 0 Å². The zero-order valence-corrected chi connectivity index (χ0v) is 10.8. The Morgan fingerprint density at radius 1 is 1.24 bits per heavy atom. The van der Waals surface area contributed by atoms with Gasteiger partial charge in [-0.05, 0) is 51.7 Å².